The summed E-state index contributed by atoms with van der Waals surface area (Å²) in [7, 11) is 0. The van der Waals surface area contributed by atoms with Crippen LogP contribution in [0.4, 0.5) is 14.5 Å². The molecule has 0 unspecified atom stereocenters. The minimum absolute atomic E-state index is 0.0832. The van der Waals surface area contributed by atoms with Crippen LogP contribution in [-0.2, 0) is 19.8 Å². The maximum atomic E-state index is 13.5. The fourth-order valence-corrected chi connectivity index (χ4v) is 4.47. The molecule has 3 rings (SSSR count). The SMILES string of the molecule is O=C(CNC(=O)C(=O)Nc1cc(F)ccc1F)NCC1(c2cccs2)CCCC1. The number of amides is 3. The van der Waals surface area contributed by atoms with Crippen LogP contribution in [0.15, 0.2) is 35.7 Å². The average molecular weight is 421 g/mol. The van der Waals surface area contributed by atoms with Crippen molar-refractivity contribution in [2.75, 3.05) is 18.4 Å². The molecule has 2 aromatic rings. The molecule has 1 aliphatic rings. The first-order valence-electron chi connectivity index (χ1n) is 9.24. The molecule has 29 heavy (non-hydrogen) atoms. The molecule has 1 saturated carbocycles. The highest BCUT2D eigenvalue weighted by atomic mass is 32.1. The Bertz CT molecular complexity index is 896. The number of carbonyl (C=O) groups excluding carboxylic acids is 3. The van der Waals surface area contributed by atoms with Gasteiger partial charge in [-0.3, -0.25) is 14.4 Å². The average Bonchev–Trinajstić information content (AvgIpc) is 3.39. The van der Waals surface area contributed by atoms with Crippen molar-refractivity contribution in [3.8, 4) is 0 Å². The summed E-state index contributed by atoms with van der Waals surface area (Å²) in [6.45, 7) is 0.0708. The minimum Gasteiger partial charge on any atom is -0.354 e. The Morgan fingerprint density at radius 1 is 1.03 bits per heavy atom. The smallest absolute Gasteiger partial charge is 0.313 e. The van der Waals surface area contributed by atoms with Crippen molar-refractivity contribution in [1.29, 1.82) is 0 Å². The standard InChI is InChI=1S/C20H21F2N3O3S/c21-13-5-6-14(22)15(10-13)25-19(28)18(27)23-11-17(26)24-12-20(7-1-2-8-20)16-4-3-9-29-16/h3-6,9-10H,1-2,7-8,11-12H2,(H,23,27)(H,24,26)(H,25,28). The Balaban J connectivity index is 1.48. The lowest BCUT2D eigenvalue weighted by molar-refractivity contribution is -0.136. The van der Waals surface area contributed by atoms with Crippen molar-refractivity contribution in [1.82, 2.24) is 10.6 Å². The summed E-state index contributed by atoms with van der Waals surface area (Å²) in [6.07, 6.45) is 4.17. The maximum Gasteiger partial charge on any atom is 0.313 e. The van der Waals surface area contributed by atoms with Crippen LogP contribution in [0, 0.1) is 11.6 Å². The Labute approximate surface area is 170 Å². The van der Waals surface area contributed by atoms with Gasteiger partial charge in [0.15, 0.2) is 0 Å². The van der Waals surface area contributed by atoms with Gasteiger partial charge < -0.3 is 16.0 Å². The summed E-state index contributed by atoms with van der Waals surface area (Å²) in [5.41, 5.74) is -0.533. The van der Waals surface area contributed by atoms with Crippen molar-refractivity contribution >= 4 is 34.7 Å². The number of thiophene rings is 1. The third-order valence-electron chi connectivity index (χ3n) is 5.02. The number of carbonyl (C=O) groups is 3. The van der Waals surface area contributed by atoms with Gasteiger partial charge in [-0.25, -0.2) is 8.78 Å². The molecule has 6 nitrogen and oxygen atoms in total. The van der Waals surface area contributed by atoms with Crippen LogP contribution in [-0.4, -0.2) is 30.8 Å². The Hall–Kier alpha value is -2.81. The van der Waals surface area contributed by atoms with E-state index >= 15 is 0 Å². The lowest BCUT2D eigenvalue weighted by Crippen LogP contribution is -2.45. The van der Waals surface area contributed by atoms with E-state index in [2.05, 4.69) is 16.7 Å². The predicted molar refractivity (Wildman–Crippen MR) is 105 cm³/mol. The van der Waals surface area contributed by atoms with Gasteiger partial charge in [-0.05, 0) is 36.4 Å². The van der Waals surface area contributed by atoms with Crippen molar-refractivity contribution in [2.45, 2.75) is 31.1 Å². The quantitative estimate of drug-likeness (QED) is 0.627. The Kier molecular flexibility index (Phi) is 6.58. The maximum absolute atomic E-state index is 13.5. The van der Waals surface area contributed by atoms with Crippen LogP contribution in [0.25, 0.3) is 0 Å². The number of hydrogen-bond acceptors (Lipinski definition) is 4. The van der Waals surface area contributed by atoms with Gasteiger partial charge in [0, 0.05) is 22.9 Å². The molecular weight excluding hydrogens is 400 g/mol. The van der Waals surface area contributed by atoms with E-state index < -0.39 is 41.6 Å². The van der Waals surface area contributed by atoms with E-state index in [1.165, 1.54) is 4.88 Å². The van der Waals surface area contributed by atoms with Crippen LogP contribution in [0.3, 0.4) is 0 Å². The highest BCUT2D eigenvalue weighted by Gasteiger charge is 2.36. The topological polar surface area (TPSA) is 87.3 Å². The number of rotatable bonds is 6. The van der Waals surface area contributed by atoms with Gasteiger partial charge in [-0.15, -0.1) is 11.3 Å². The molecule has 0 saturated heterocycles. The zero-order valence-corrected chi connectivity index (χ0v) is 16.4. The zero-order valence-electron chi connectivity index (χ0n) is 15.6. The summed E-state index contributed by atoms with van der Waals surface area (Å²) >= 11 is 1.66. The second-order valence-electron chi connectivity index (χ2n) is 7.00. The normalized spacial score (nSPS) is 15.0. The lowest BCUT2D eigenvalue weighted by Gasteiger charge is -2.28. The molecule has 1 aromatic carbocycles. The van der Waals surface area contributed by atoms with Gasteiger partial charge >= 0.3 is 11.8 Å². The van der Waals surface area contributed by atoms with Crippen molar-refractivity contribution in [3.63, 3.8) is 0 Å². The second kappa shape index (κ2) is 9.13. The number of benzene rings is 1. The molecule has 9 heteroatoms. The van der Waals surface area contributed by atoms with E-state index in [1.807, 2.05) is 16.8 Å². The third-order valence-corrected chi connectivity index (χ3v) is 6.14. The predicted octanol–water partition coefficient (Wildman–Crippen LogP) is 2.71. The first-order valence-corrected chi connectivity index (χ1v) is 10.1. The fraction of sp³-hybridized carbons (Fsp3) is 0.350. The molecule has 1 aromatic heterocycles. The second-order valence-corrected chi connectivity index (χ2v) is 7.95. The molecule has 154 valence electrons. The van der Waals surface area contributed by atoms with Gasteiger partial charge in [-0.2, -0.15) is 0 Å². The number of anilines is 1. The van der Waals surface area contributed by atoms with E-state index in [4.69, 9.17) is 0 Å². The van der Waals surface area contributed by atoms with Crippen molar-refractivity contribution in [2.24, 2.45) is 0 Å². The van der Waals surface area contributed by atoms with Gasteiger partial charge in [0.25, 0.3) is 0 Å². The van der Waals surface area contributed by atoms with Crippen molar-refractivity contribution < 1.29 is 23.2 Å². The Morgan fingerprint density at radius 3 is 2.48 bits per heavy atom. The molecule has 0 aliphatic heterocycles. The van der Waals surface area contributed by atoms with Gasteiger partial charge in [0.05, 0.1) is 12.2 Å². The molecule has 1 fully saturated rings. The third kappa shape index (κ3) is 5.17. The summed E-state index contributed by atoms with van der Waals surface area (Å²) < 4.78 is 26.7. The molecule has 3 amide bonds. The van der Waals surface area contributed by atoms with Crippen LogP contribution >= 0.6 is 11.3 Å². The first kappa shape index (κ1) is 20.9. The van der Waals surface area contributed by atoms with E-state index in [9.17, 15) is 23.2 Å². The van der Waals surface area contributed by atoms with Gasteiger partial charge in [0.2, 0.25) is 5.91 Å². The highest BCUT2D eigenvalue weighted by molar-refractivity contribution is 7.10. The number of halogens is 2. The summed E-state index contributed by atoms with van der Waals surface area (Å²) in [6, 6.07) is 6.55. The van der Waals surface area contributed by atoms with Crippen LogP contribution < -0.4 is 16.0 Å². The lowest BCUT2D eigenvalue weighted by atomic mass is 9.84. The molecule has 1 aliphatic carbocycles. The van der Waals surface area contributed by atoms with Gasteiger partial charge in [0.1, 0.15) is 11.6 Å². The zero-order chi connectivity index (χ0) is 20.9. The van der Waals surface area contributed by atoms with E-state index in [0.29, 0.717) is 6.54 Å². The number of hydrogen-bond donors (Lipinski definition) is 3. The highest BCUT2D eigenvalue weighted by Crippen LogP contribution is 2.42. The first-order chi connectivity index (χ1) is 13.9. The molecule has 0 atom stereocenters. The summed E-state index contributed by atoms with van der Waals surface area (Å²) in [4.78, 5) is 37.0. The number of nitrogens with one attached hydrogen (secondary N) is 3. The van der Waals surface area contributed by atoms with Crippen LogP contribution in [0.2, 0.25) is 0 Å². The monoisotopic (exact) mass is 421 g/mol. The van der Waals surface area contributed by atoms with E-state index in [-0.39, 0.29) is 5.41 Å². The van der Waals surface area contributed by atoms with Crippen LogP contribution in [0.5, 0.6) is 0 Å². The molecule has 0 spiro atoms. The molecule has 3 N–H and O–H groups in total. The van der Waals surface area contributed by atoms with Crippen molar-refractivity contribution in [3.05, 3.63) is 52.2 Å². The largest absolute Gasteiger partial charge is 0.354 e. The van der Waals surface area contributed by atoms with E-state index in [0.717, 1.165) is 43.9 Å². The summed E-state index contributed by atoms with van der Waals surface area (Å²) in [5.74, 6) is -4.36. The molecule has 0 radical (unpaired) electrons. The van der Waals surface area contributed by atoms with Gasteiger partial charge in [-0.1, -0.05) is 18.9 Å². The fourth-order valence-electron chi connectivity index (χ4n) is 3.49. The summed E-state index contributed by atoms with van der Waals surface area (Å²) in [5, 5.41) is 9.00. The van der Waals surface area contributed by atoms with E-state index in [1.54, 1.807) is 11.3 Å². The Morgan fingerprint density at radius 2 is 1.79 bits per heavy atom. The molecular formula is C20H21F2N3O3S. The molecule has 0 bridgehead atoms. The minimum atomic E-state index is -1.19. The molecule has 1 heterocycles. The van der Waals surface area contributed by atoms with Crippen LogP contribution in [0.1, 0.15) is 30.6 Å².